The van der Waals surface area contributed by atoms with Crippen LogP contribution in [0.5, 0.6) is 0 Å². The van der Waals surface area contributed by atoms with Gasteiger partial charge < -0.3 is 30.2 Å². The number of nitrogens with zero attached hydrogens (tertiary/aromatic N) is 1. The van der Waals surface area contributed by atoms with Gasteiger partial charge in [0.1, 0.15) is 23.3 Å². The molecule has 0 aliphatic rings. The highest BCUT2D eigenvalue weighted by molar-refractivity contribution is 7.92. The van der Waals surface area contributed by atoms with E-state index in [1.54, 1.807) is 36.4 Å². The van der Waals surface area contributed by atoms with Crippen molar-refractivity contribution in [2.75, 3.05) is 36.6 Å². The van der Waals surface area contributed by atoms with Gasteiger partial charge in [0.2, 0.25) is 10.0 Å². The Morgan fingerprint density at radius 2 is 1.65 bits per heavy atom. The summed E-state index contributed by atoms with van der Waals surface area (Å²) >= 11 is 12.7. The number of aliphatic carboxylic acids is 1. The van der Waals surface area contributed by atoms with Crippen molar-refractivity contribution < 1.29 is 50.6 Å². The fourth-order valence-corrected chi connectivity index (χ4v) is 5.31. The molecule has 6 N–H and O–H groups in total. The Labute approximate surface area is 306 Å². The van der Waals surface area contributed by atoms with Gasteiger partial charge >= 0.3 is 24.3 Å². The summed E-state index contributed by atoms with van der Waals surface area (Å²) in [6.45, 7) is 0.414. The average molecular weight is 790 g/mol. The number of carbonyl (C=O) groups excluding carboxylic acids is 2. The molecule has 1 aromatic heterocycles. The van der Waals surface area contributed by atoms with E-state index < -0.39 is 40.3 Å². The fourth-order valence-electron chi connectivity index (χ4n) is 4.27. The van der Waals surface area contributed by atoms with E-state index in [1.165, 1.54) is 13.2 Å². The Kier molecular flexibility index (Phi) is 15.1. The molecule has 0 aliphatic carbocycles. The summed E-state index contributed by atoms with van der Waals surface area (Å²) < 4.78 is 67.6. The number of hydrogen-bond donors (Lipinski definition) is 6. The van der Waals surface area contributed by atoms with Gasteiger partial charge in [-0.3, -0.25) is 10.0 Å². The summed E-state index contributed by atoms with van der Waals surface area (Å²) in [5, 5.41) is 16.1. The van der Waals surface area contributed by atoms with E-state index in [0.717, 1.165) is 11.8 Å². The molecule has 0 unspecified atom stereocenters. The second kappa shape index (κ2) is 19.0. The minimum Gasteiger partial charge on any atom is -0.475 e. The first-order valence-electron chi connectivity index (χ1n) is 14.9. The number of alkyl halides is 3. The number of carbonyl (C=O) groups is 3. The SMILES string of the molecule is COCCOC(=O)Nc1ccc(-c2nc([C@H](Cc3ccccc3)NC(=O)NCc3cc(Cl)ccc3NS(C)(=O)=O)[nH]c2Cl)cc1.O=C(O)C(F)(F)F. The Bertz CT molecular complexity index is 1930. The molecule has 0 aliphatic heterocycles. The molecule has 4 rings (SSSR count). The molecule has 0 spiro atoms. The lowest BCUT2D eigenvalue weighted by Gasteiger charge is -2.18. The van der Waals surface area contributed by atoms with Crippen LogP contribution in [0.25, 0.3) is 11.3 Å². The summed E-state index contributed by atoms with van der Waals surface area (Å²) in [5.41, 5.74) is 3.37. The van der Waals surface area contributed by atoms with Gasteiger partial charge in [-0.15, -0.1) is 0 Å². The Morgan fingerprint density at radius 3 is 2.25 bits per heavy atom. The van der Waals surface area contributed by atoms with Crippen molar-refractivity contribution in [3.05, 3.63) is 99.9 Å². The summed E-state index contributed by atoms with van der Waals surface area (Å²) in [6, 6.07) is 19.9. The highest BCUT2D eigenvalue weighted by Gasteiger charge is 2.38. The molecule has 0 saturated heterocycles. The number of benzene rings is 3. The molecular formula is C32H33Cl2F3N6O8S. The van der Waals surface area contributed by atoms with E-state index in [1.807, 2.05) is 30.3 Å². The smallest absolute Gasteiger partial charge is 0.475 e. The van der Waals surface area contributed by atoms with Crippen molar-refractivity contribution in [2.24, 2.45) is 0 Å². The van der Waals surface area contributed by atoms with Gasteiger partial charge in [-0.25, -0.2) is 27.8 Å². The van der Waals surface area contributed by atoms with Gasteiger partial charge in [0.25, 0.3) is 0 Å². The molecular weight excluding hydrogens is 756 g/mol. The van der Waals surface area contributed by atoms with Gasteiger partial charge in [0.05, 0.1) is 24.6 Å². The van der Waals surface area contributed by atoms with Crippen LogP contribution in [0.3, 0.4) is 0 Å². The van der Waals surface area contributed by atoms with Crippen LogP contribution in [0.15, 0.2) is 72.8 Å². The van der Waals surface area contributed by atoms with Crippen LogP contribution >= 0.6 is 23.2 Å². The minimum atomic E-state index is -5.08. The number of methoxy groups -OCH3 is 1. The minimum absolute atomic E-state index is 0.00717. The van der Waals surface area contributed by atoms with Crippen molar-refractivity contribution in [3.8, 4) is 11.3 Å². The monoisotopic (exact) mass is 788 g/mol. The average Bonchev–Trinajstić information content (AvgIpc) is 3.46. The predicted octanol–water partition coefficient (Wildman–Crippen LogP) is 6.37. The topological polar surface area (TPSA) is 201 Å². The molecule has 3 amide bonds. The van der Waals surface area contributed by atoms with Crippen molar-refractivity contribution >= 4 is 62.7 Å². The number of amides is 3. The third kappa shape index (κ3) is 13.9. The number of hydrogen-bond acceptors (Lipinski definition) is 8. The number of halogens is 5. The zero-order valence-corrected chi connectivity index (χ0v) is 29.7. The van der Waals surface area contributed by atoms with Crippen LogP contribution in [-0.2, 0) is 37.3 Å². The number of H-pyrrole nitrogens is 1. The number of nitrogens with one attached hydrogen (secondary N) is 5. The number of ether oxygens (including phenoxy) is 2. The van der Waals surface area contributed by atoms with Gasteiger partial charge in [-0.05, 0) is 47.9 Å². The van der Waals surface area contributed by atoms with E-state index in [4.69, 9.17) is 47.6 Å². The zero-order chi connectivity index (χ0) is 38.5. The normalized spacial score (nSPS) is 11.8. The summed E-state index contributed by atoms with van der Waals surface area (Å²) in [6.07, 6.45) is -4.26. The number of sulfonamides is 1. The van der Waals surface area contributed by atoms with Crippen LogP contribution in [0.1, 0.15) is 23.0 Å². The quantitative estimate of drug-likeness (QED) is 0.0834. The number of aromatic nitrogens is 2. The van der Waals surface area contributed by atoms with Crippen LogP contribution in [0.4, 0.5) is 34.1 Å². The molecule has 0 bridgehead atoms. The van der Waals surface area contributed by atoms with Crippen molar-refractivity contribution in [1.82, 2.24) is 20.6 Å². The number of carboxylic acids is 1. The van der Waals surface area contributed by atoms with Gasteiger partial charge in [-0.2, -0.15) is 13.2 Å². The lowest BCUT2D eigenvalue weighted by Crippen LogP contribution is -2.39. The molecule has 280 valence electrons. The van der Waals surface area contributed by atoms with Crippen LogP contribution in [-0.4, -0.2) is 74.3 Å². The highest BCUT2D eigenvalue weighted by atomic mass is 35.5. The van der Waals surface area contributed by atoms with Crippen LogP contribution in [0.2, 0.25) is 10.2 Å². The zero-order valence-electron chi connectivity index (χ0n) is 27.4. The predicted molar refractivity (Wildman–Crippen MR) is 188 cm³/mol. The molecule has 0 fully saturated rings. The van der Waals surface area contributed by atoms with E-state index in [-0.39, 0.29) is 18.3 Å². The molecule has 3 aromatic carbocycles. The molecule has 4 aromatic rings. The number of anilines is 2. The second-order valence-electron chi connectivity index (χ2n) is 10.7. The summed E-state index contributed by atoms with van der Waals surface area (Å²) in [4.78, 5) is 41.7. The fraction of sp³-hybridized carbons (Fsp3) is 0.250. The molecule has 20 heteroatoms. The van der Waals surface area contributed by atoms with Crippen LogP contribution < -0.4 is 20.7 Å². The maximum absolute atomic E-state index is 13.1. The number of urea groups is 1. The first-order valence-corrected chi connectivity index (χ1v) is 17.5. The van der Waals surface area contributed by atoms with Gasteiger partial charge in [-0.1, -0.05) is 65.7 Å². The van der Waals surface area contributed by atoms with Crippen molar-refractivity contribution in [3.63, 3.8) is 0 Å². The number of imidazole rings is 1. The van der Waals surface area contributed by atoms with E-state index >= 15 is 0 Å². The van der Waals surface area contributed by atoms with Crippen LogP contribution in [0, 0.1) is 0 Å². The number of carboxylic acid groups (broad SMARTS) is 1. The first kappa shape index (κ1) is 41.4. The molecule has 14 nitrogen and oxygen atoms in total. The van der Waals surface area contributed by atoms with Gasteiger partial charge in [0, 0.05) is 29.9 Å². The van der Waals surface area contributed by atoms with E-state index in [2.05, 4.69) is 25.7 Å². The van der Waals surface area contributed by atoms with E-state index in [9.17, 15) is 31.2 Å². The highest BCUT2D eigenvalue weighted by Crippen LogP contribution is 2.30. The second-order valence-corrected chi connectivity index (χ2v) is 13.2. The standard InChI is InChI=1S/C30H32Cl2N6O6S.C2HF3O2/c1-43-14-15-44-30(40)34-23-11-8-20(9-12-23)26-27(32)37-28(36-26)25(16-19-6-4-3-5-7-19)35-29(39)33-18-21-17-22(31)10-13-24(21)38-45(2,41)42;3-2(4,5)1(6)7/h3-13,17,25,38H,14-16,18H2,1-2H3,(H,34,40)(H,36,37)(H2,33,35,39);(H,6,7)/t25-;/m0./s1. The van der Waals surface area contributed by atoms with E-state index in [0.29, 0.717) is 52.1 Å². The van der Waals surface area contributed by atoms with Crippen molar-refractivity contribution in [1.29, 1.82) is 0 Å². The van der Waals surface area contributed by atoms with Gasteiger partial charge in [0.15, 0.2) is 0 Å². The number of rotatable bonds is 13. The van der Waals surface area contributed by atoms with Crippen molar-refractivity contribution in [2.45, 2.75) is 25.2 Å². The largest absolute Gasteiger partial charge is 0.490 e. The number of aromatic amines is 1. The molecule has 0 saturated carbocycles. The lowest BCUT2D eigenvalue weighted by atomic mass is 10.1. The maximum atomic E-state index is 13.1. The third-order valence-corrected chi connectivity index (χ3v) is 7.67. The molecule has 1 atom stereocenters. The Hall–Kier alpha value is -5.04. The molecule has 52 heavy (non-hydrogen) atoms. The third-order valence-electron chi connectivity index (χ3n) is 6.57. The Balaban J connectivity index is 0.000000944. The maximum Gasteiger partial charge on any atom is 0.490 e. The lowest BCUT2D eigenvalue weighted by molar-refractivity contribution is -0.192. The summed E-state index contributed by atoms with van der Waals surface area (Å²) in [7, 11) is -2.04. The molecule has 0 radical (unpaired) electrons. The first-order chi connectivity index (χ1) is 24.4. The molecule has 1 heterocycles. The Morgan fingerprint density at radius 1 is 1.00 bits per heavy atom. The summed E-state index contributed by atoms with van der Waals surface area (Å²) in [5.74, 6) is -2.34.